The SMILES string of the molecule is C=CCn1nc(C)c2c(C(C)C)cc(ON)nc21. The first-order valence-corrected chi connectivity index (χ1v) is 5.94. The Balaban J connectivity index is 2.79. The summed E-state index contributed by atoms with van der Waals surface area (Å²) in [6.07, 6.45) is 1.79. The van der Waals surface area contributed by atoms with E-state index in [1.165, 1.54) is 0 Å². The number of hydrogen-bond acceptors (Lipinski definition) is 4. The van der Waals surface area contributed by atoms with Gasteiger partial charge in [0.15, 0.2) is 5.65 Å². The maximum atomic E-state index is 5.23. The number of aryl methyl sites for hydroxylation is 1. The molecule has 0 aliphatic heterocycles. The van der Waals surface area contributed by atoms with Crippen molar-refractivity contribution in [3.05, 3.63) is 30.0 Å². The summed E-state index contributed by atoms with van der Waals surface area (Å²) in [6.45, 7) is 10.6. The van der Waals surface area contributed by atoms with Gasteiger partial charge in [0, 0.05) is 11.5 Å². The fraction of sp³-hybridized carbons (Fsp3) is 0.385. The lowest BCUT2D eigenvalue weighted by atomic mass is 10.00. The third-order valence-corrected chi connectivity index (χ3v) is 2.93. The summed E-state index contributed by atoms with van der Waals surface area (Å²) < 4.78 is 1.81. The Kier molecular flexibility index (Phi) is 3.34. The molecule has 0 unspecified atom stereocenters. The van der Waals surface area contributed by atoms with E-state index in [9.17, 15) is 0 Å². The zero-order chi connectivity index (χ0) is 13.3. The Labute approximate surface area is 106 Å². The first-order chi connectivity index (χ1) is 8.58. The van der Waals surface area contributed by atoms with Gasteiger partial charge in [0.05, 0.1) is 12.2 Å². The van der Waals surface area contributed by atoms with Crippen LogP contribution in [-0.2, 0) is 6.54 Å². The predicted molar refractivity (Wildman–Crippen MR) is 71.4 cm³/mol. The van der Waals surface area contributed by atoms with Crippen LogP contribution < -0.4 is 10.7 Å². The molecule has 2 aromatic heterocycles. The molecule has 0 atom stereocenters. The first-order valence-electron chi connectivity index (χ1n) is 5.94. The van der Waals surface area contributed by atoms with Crippen molar-refractivity contribution in [1.82, 2.24) is 14.8 Å². The Morgan fingerprint density at radius 3 is 2.83 bits per heavy atom. The molecule has 2 heterocycles. The largest absolute Gasteiger partial charge is 0.391 e. The zero-order valence-corrected chi connectivity index (χ0v) is 11.0. The van der Waals surface area contributed by atoms with E-state index in [0.717, 1.165) is 22.3 Å². The molecule has 0 radical (unpaired) electrons. The minimum Gasteiger partial charge on any atom is -0.391 e. The third-order valence-electron chi connectivity index (χ3n) is 2.93. The summed E-state index contributed by atoms with van der Waals surface area (Å²) in [5.41, 5.74) is 2.90. The number of nitrogens with zero attached hydrogens (tertiary/aromatic N) is 3. The van der Waals surface area contributed by atoms with Crippen molar-refractivity contribution in [3.8, 4) is 5.88 Å². The monoisotopic (exact) mass is 246 g/mol. The second-order valence-corrected chi connectivity index (χ2v) is 4.58. The molecule has 2 aromatic rings. The fourth-order valence-corrected chi connectivity index (χ4v) is 2.13. The van der Waals surface area contributed by atoms with Crippen molar-refractivity contribution in [1.29, 1.82) is 0 Å². The molecule has 0 saturated carbocycles. The number of fused-ring (bicyclic) bond motifs is 1. The molecule has 96 valence electrons. The van der Waals surface area contributed by atoms with Crippen LogP contribution in [0.4, 0.5) is 0 Å². The van der Waals surface area contributed by atoms with Gasteiger partial charge in [-0.3, -0.25) is 0 Å². The van der Waals surface area contributed by atoms with Crippen LogP contribution in [-0.4, -0.2) is 14.8 Å². The van der Waals surface area contributed by atoms with Crippen LogP contribution in [0, 0.1) is 6.92 Å². The molecule has 0 bridgehead atoms. The van der Waals surface area contributed by atoms with Crippen molar-refractivity contribution in [2.24, 2.45) is 5.90 Å². The Bertz CT molecular complexity index is 586. The molecular formula is C13H18N4O. The quantitative estimate of drug-likeness (QED) is 0.664. The lowest BCUT2D eigenvalue weighted by molar-refractivity contribution is 0.321. The van der Waals surface area contributed by atoms with Crippen LogP contribution in [0.15, 0.2) is 18.7 Å². The van der Waals surface area contributed by atoms with Crippen LogP contribution in [0.3, 0.4) is 0 Å². The second kappa shape index (κ2) is 4.78. The van der Waals surface area contributed by atoms with Crippen LogP contribution in [0.1, 0.15) is 31.0 Å². The number of aromatic nitrogens is 3. The summed E-state index contributed by atoms with van der Waals surface area (Å²) in [7, 11) is 0. The standard InChI is InChI=1S/C13H18N4O/c1-5-6-17-13-12(9(4)16-17)10(8(2)3)7-11(15-13)18-14/h5,7-8H,1,6,14H2,2-4H3. The van der Waals surface area contributed by atoms with Gasteiger partial charge in [-0.2, -0.15) is 16.0 Å². The van der Waals surface area contributed by atoms with Gasteiger partial charge in [0.2, 0.25) is 5.88 Å². The smallest absolute Gasteiger partial charge is 0.239 e. The number of pyridine rings is 1. The van der Waals surface area contributed by atoms with Gasteiger partial charge in [-0.15, -0.1) is 6.58 Å². The molecule has 0 saturated heterocycles. The zero-order valence-electron chi connectivity index (χ0n) is 11.0. The van der Waals surface area contributed by atoms with E-state index in [2.05, 4.69) is 30.5 Å². The van der Waals surface area contributed by atoms with E-state index in [1.54, 1.807) is 6.08 Å². The average molecular weight is 246 g/mol. The number of nitrogens with two attached hydrogens (primary N) is 1. The lowest BCUT2D eigenvalue weighted by Crippen LogP contribution is -2.06. The molecule has 5 nitrogen and oxygen atoms in total. The molecule has 0 aromatic carbocycles. The predicted octanol–water partition coefficient (Wildman–Crippen LogP) is 2.30. The fourth-order valence-electron chi connectivity index (χ4n) is 2.13. The Morgan fingerprint density at radius 1 is 1.56 bits per heavy atom. The van der Waals surface area contributed by atoms with E-state index in [-0.39, 0.29) is 0 Å². The lowest BCUT2D eigenvalue weighted by Gasteiger charge is -2.09. The number of allylic oxidation sites excluding steroid dienone is 1. The highest BCUT2D eigenvalue weighted by molar-refractivity contribution is 5.83. The molecule has 0 aliphatic carbocycles. The minimum atomic E-state index is 0.351. The van der Waals surface area contributed by atoms with Crippen molar-refractivity contribution in [2.45, 2.75) is 33.2 Å². The van der Waals surface area contributed by atoms with Crippen molar-refractivity contribution in [2.75, 3.05) is 0 Å². The minimum absolute atomic E-state index is 0.351. The second-order valence-electron chi connectivity index (χ2n) is 4.58. The van der Waals surface area contributed by atoms with Gasteiger partial charge >= 0.3 is 0 Å². The van der Waals surface area contributed by atoms with Crippen LogP contribution >= 0.6 is 0 Å². The Hall–Kier alpha value is -1.88. The molecule has 0 spiro atoms. The van der Waals surface area contributed by atoms with Crippen LogP contribution in [0.5, 0.6) is 5.88 Å². The summed E-state index contributed by atoms with van der Waals surface area (Å²) in [5.74, 6) is 5.99. The molecule has 0 amide bonds. The maximum absolute atomic E-state index is 5.23. The summed E-state index contributed by atoms with van der Waals surface area (Å²) in [4.78, 5) is 9.16. The maximum Gasteiger partial charge on any atom is 0.239 e. The summed E-state index contributed by atoms with van der Waals surface area (Å²) in [6, 6.07) is 1.87. The molecule has 0 fully saturated rings. The third kappa shape index (κ3) is 1.97. The normalized spacial score (nSPS) is 11.2. The number of rotatable bonds is 4. The van der Waals surface area contributed by atoms with E-state index >= 15 is 0 Å². The van der Waals surface area contributed by atoms with E-state index in [1.807, 2.05) is 17.7 Å². The van der Waals surface area contributed by atoms with Gasteiger partial charge in [0.1, 0.15) is 0 Å². The van der Waals surface area contributed by atoms with Crippen molar-refractivity contribution in [3.63, 3.8) is 0 Å². The van der Waals surface area contributed by atoms with Crippen molar-refractivity contribution < 1.29 is 4.84 Å². The Morgan fingerprint density at radius 2 is 2.28 bits per heavy atom. The first kappa shape index (κ1) is 12.6. The van der Waals surface area contributed by atoms with Gasteiger partial charge in [0.25, 0.3) is 0 Å². The van der Waals surface area contributed by atoms with Gasteiger partial charge in [-0.25, -0.2) is 4.68 Å². The topological polar surface area (TPSA) is 66.0 Å². The number of hydrogen-bond donors (Lipinski definition) is 1. The highest BCUT2D eigenvalue weighted by atomic mass is 16.6. The van der Waals surface area contributed by atoms with Gasteiger partial charge in [-0.1, -0.05) is 19.9 Å². The highest BCUT2D eigenvalue weighted by Gasteiger charge is 2.16. The molecule has 18 heavy (non-hydrogen) atoms. The molecule has 2 rings (SSSR count). The molecule has 2 N–H and O–H groups in total. The van der Waals surface area contributed by atoms with Crippen LogP contribution in [0.25, 0.3) is 11.0 Å². The molecule has 5 heteroatoms. The molecule has 0 aliphatic rings. The summed E-state index contributed by atoms with van der Waals surface area (Å²) in [5, 5.41) is 5.56. The van der Waals surface area contributed by atoms with Crippen molar-refractivity contribution >= 4 is 11.0 Å². The van der Waals surface area contributed by atoms with E-state index in [4.69, 9.17) is 10.7 Å². The van der Waals surface area contributed by atoms with E-state index < -0.39 is 0 Å². The highest BCUT2D eigenvalue weighted by Crippen LogP contribution is 2.29. The van der Waals surface area contributed by atoms with Gasteiger partial charge in [-0.05, 0) is 18.4 Å². The average Bonchev–Trinajstić information content (AvgIpc) is 2.66. The summed E-state index contributed by atoms with van der Waals surface area (Å²) >= 11 is 0. The van der Waals surface area contributed by atoms with Crippen LogP contribution in [0.2, 0.25) is 0 Å². The van der Waals surface area contributed by atoms with Gasteiger partial charge < -0.3 is 4.84 Å². The molecular weight excluding hydrogens is 228 g/mol. The van der Waals surface area contributed by atoms with E-state index in [0.29, 0.717) is 18.3 Å².